The van der Waals surface area contributed by atoms with E-state index in [9.17, 15) is 9.59 Å². The second kappa shape index (κ2) is 8.15. The number of anilines is 1. The zero-order valence-corrected chi connectivity index (χ0v) is 14.1. The Labute approximate surface area is 141 Å². The van der Waals surface area contributed by atoms with Gasteiger partial charge in [0.05, 0.1) is 12.7 Å². The van der Waals surface area contributed by atoms with Crippen LogP contribution in [0.25, 0.3) is 0 Å². The van der Waals surface area contributed by atoms with Crippen molar-refractivity contribution < 1.29 is 19.1 Å². The normalized spacial score (nSPS) is 10.1. The van der Waals surface area contributed by atoms with Gasteiger partial charge in [0.15, 0.2) is 12.4 Å². The molecule has 0 unspecified atom stereocenters. The summed E-state index contributed by atoms with van der Waals surface area (Å²) < 4.78 is 10.6. The molecule has 0 aliphatic rings. The molecule has 0 heterocycles. The Balaban J connectivity index is 2.02. The molecule has 0 radical (unpaired) electrons. The van der Waals surface area contributed by atoms with E-state index in [0.29, 0.717) is 17.1 Å². The molecule has 126 valence electrons. The number of methoxy groups -OCH3 is 1. The van der Waals surface area contributed by atoms with E-state index < -0.39 is 0 Å². The molecule has 0 aliphatic heterocycles. The van der Waals surface area contributed by atoms with Gasteiger partial charge < -0.3 is 14.8 Å². The van der Waals surface area contributed by atoms with Crippen molar-refractivity contribution in [1.82, 2.24) is 0 Å². The number of rotatable bonds is 7. The monoisotopic (exact) mass is 327 g/mol. The molecule has 2 aromatic carbocycles. The molecule has 0 atom stereocenters. The Bertz CT molecular complexity index is 740. The van der Waals surface area contributed by atoms with Crippen LogP contribution in [0.4, 0.5) is 5.69 Å². The van der Waals surface area contributed by atoms with Crippen molar-refractivity contribution in [1.29, 1.82) is 0 Å². The Hall–Kier alpha value is -2.82. The molecule has 0 aromatic heterocycles. The van der Waals surface area contributed by atoms with Crippen molar-refractivity contribution >= 4 is 17.4 Å². The minimum absolute atomic E-state index is 0.153. The van der Waals surface area contributed by atoms with Crippen molar-refractivity contribution in [3.63, 3.8) is 0 Å². The number of amides is 1. The van der Waals surface area contributed by atoms with Gasteiger partial charge in [-0.2, -0.15) is 0 Å². The summed E-state index contributed by atoms with van der Waals surface area (Å²) in [5, 5.41) is 2.78. The van der Waals surface area contributed by atoms with Gasteiger partial charge in [-0.1, -0.05) is 19.1 Å². The van der Waals surface area contributed by atoms with E-state index in [-0.39, 0.29) is 18.3 Å². The lowest BCUT2D eigenvalue weighted by molar-refractivity contribution is -0.118. The number of hydrogen-bond acceptors (Lipinski definition) is 4. The topological polar surface area (TPSA) is 64.6 Å². The van der Waals surface area contributed by atoms with E-state index in [2.05, 4.69) is 12.2 Å². The predicted molar refractivity (Wildman–Crippen MR) is 92.9 cm³/mol. The first-order valence-electron chi connectivity index (χ1n) is 7.74. The average molecular weight is 327 g/mol. The molecule has 0 saturated heterocycles. The van der Waals surface area contributed by atoms with Crippen molar-refractivity contribution in [2.24, 2.45) is 0 Å². The second-order valence-corrected chi connectivity index (χ2v) is 5.31. The minimum Gasteiger partial charge on any atom is -0.497 e. The maximum absolute atomic E-state index is 12.0. The number of carbonyl (C=O) groups is 2. The van der Waals surface area contributed by atoms with Gasteiger partial charge in [-0.3, -0.25) is 9.59 Å². The fourth-order valence-corrected chi connectivity index (χ4v) is 2.25. The van der Waals surface area contributed by atoms with E-state index in [1.54, 1.807) is 18.2 Å². The van der Waals surface area contributed by atoms with Crippen LogP contribution in [0.15, 0.2) is 42.5 Å². The molecule has 0 spiro atoms. The minimum atomic E-state index is -0.284. The number of ketones is 1. The summed E-state index contributed by atoms with van der Waals surface area (Å²) in [4.78, 5) is 23.7. The lowest BCUT2D eigenvalue weighted by Gasteiger charge is -2.12. The quantitative estimate of drug-likeness (QED) is 0.791. The van der Waals surface area contributed by atoms with Gasteiger partial charge in [0.1, 0.15) is 11.5 Å². The molecule has 5 heteroatoms. The van der Waals surface area contributed by atoms with Gasteiger partial charge >= 0.3 is 0 Å². The van der Waals surface area contributed by atoms with Crippen LogP contribution in [0, 0.1) is 0 Å². The summed E-state index contributed by atoms with van der Waals surface area (Å²) in [6.45, 7) is 3.32. The lowest BCUT2D eigenvalue weighted by Crippen LogP contribution is -2.20. The molecule has 0 bridgehead atoms. The molecule has 1 amide bonds. The number of nitrogens with one attached hydrogen (secondary N) is 1. The predicted octanol–water partition coefficient (Wildman–Crippen LogP) is 3.48. The highest BCUT2D eigenvalue weighted by Gasteiger charge is 2.12. The van der Waals surface area contributed by atoms with Crippen LogP contribution in [0.1, 0.15) is 29.8 Å². The molecular formula is C19H21NO4. The summed E-state index contributed by atoms with van der Waals surface area (Å²) in [7, 11) is 1.53. The third-order valence-corrected chi connectivity index (χ3v) is 3.54. The Kier molecular flexibility index (Phi) is 5.95. The smallest absolute Gasteiger partial charge is 0.262 e. The second-order valence-electron chi connectivity index (χ2n) is 5.31. The molecule has 0 saturated carbocycles. The average Bonchev–Trinajstić information content (AvgIpc) is 2.59. The number of ether oxygens (including phenoxy) is 2. The summed E-state index contributed by atoms with van der Waals surface area (Å²) in [6.07, 6.45) is 0.897. The highest BCUT2D eigenvalue weighted by Crippen LogP contribution is 2.24. The van der Waals surface area contributed by atoms with E-state index >= 15 is 0 Å². The van der Waals surface area contributed by atoms with Crippen molar-refractivity contribution in [3.05, 3.63) is 53.6 Å². The Morgan fingerprint density at radius 2 is 1.92 bits per heavy atom. The van der Waals surface area contributed by atoms with Gasteiger partial charge in [-0.15, -0.1) is 0 Å². The molecular weight excluding hydrogens is 306 g/mol. The first-order chi connectivity index (χ1) is 11.5. The number of benzene rings is 2. The zero-order valence-electron chi connectivity index (χ0n) is 14.1. The van der Waals surface area contributed by atoms with Crippen LogP contribution >= 0.6 is 0 Å². The summed E-state index contributed by atoms with van der Waals surface area (Å²) in [6, 6.07) is 12.6. The van der Waals surface area contributed by atoms with E-state index in [4.69, 9.17) is 9.47 Å². The highest BCUT2D eigenvalue weighted by atomic mass is 16.5. The van der Waals surface area contributed by atoms with E-state index in [1.807, 2.05) is 24.3 Å². The van der Waals surface area contributed by atoms with E-state index in [0.717, 1.165) is 17.7 Å². The van der Waals surface area contributed by atoms with Gasteiger partial charge in [0.2, 0.25) is 0 Å². The summed E-state index contributed by atoms with van der Waals surface area (Å²) in [5.74, 6) is 0.489. The summed E-state index contributed by atoms with van der Waals surface area (Å²) in [5.41, 5.74) is 2.25. The maximum Gasteiger partial charge on any atom is 0.262 e. The van der Waals surface area contributed by atoms with Crippen LogP contribution in [0.2, 0.25) is 0 Å². The molecule has 2 rings (SSSR count). The van der Waals surface area contributed by atoms with Gasteiger partial charge in [0.25, 0.3) is 5.91 Å². The standard InChI is InChI=1S/C19H21NO4/c1-4-14-6-5-7-15(10-14)20-19(22)12-24-18-9-8-16(23-3)11-17(18)13(2)21/h5-11H,4,12H2,1-3H3,(H,20,22). The van der Waals surface area contributed by atoms with Crippen LogP contribution in [-0.4, -0.2) is 25.4 Å². The third kappa shape index (κ3) is 4.59. The highest BCUT2D eigenvalue weighted by molar-refractivity contribution is 5.97. The van der Waals surface area contributed by atoms with Gasteiger partial charge in [-0.05, 0) is 49.2 Å². The Morgan fingerprint density at radius 3 is 2.58 bits per heavy atom. The van der Waals surface area contributed by atoms with Gasteiger partial charge in [0, 0.05) is 5.69 Å². The summed E-state index contributed by atoms with van der Waals surface area (Å²) >= 11 is 0. The molecule has 0 fully saturated rings. The molecule has 24 heavy (non-hydrogen) atoms. The fraction of sp³-hybridized carbons (Fsp3) is 0.263. The van der Waals surface area contributed by atoms with Crippen molar-refractivity contribution in [2.75, 3.05) is 19.0 Å². The van der Waals surface area contributed by atoms with E-state index in [1.165, 1.54) is 14.0 Å². The first-order valence-corrected chi connectivity index (χ1v) is 7.74. The Morgan fingerprint density at radius 1 is 1.12 bits per heavy atom. The zero-order chi connectivity index (χ0) is 17.5. The lowest BCUT2D eigenvalue weighted by atomic mass is 10.1. The maximum atomic E-state index is 12.0. The van der Waals surface area contributed by atoms with Crippen LogP contribution in [0.5, 0.6) is 11.5 Å². The largest absolute Gasteiger partial charge is 0.497 e. The number of carbonyl (C=O) groups excluding carboxylic acids is 2. The van der Waals surface area contributed by atoms with Crippen molar-refractivity contribution in [3.8, 4) is 11.5 Å². The molecule has 2 aromatic rings. The number of hydrogen-bond donors (Lipinski definition) is 1. The SMILES string of the molecule is CCc1cccc(NC(=O)COc2ccc(OC)cc2C(C)=O)c1. The first kappa shape index (κ1) is 17.5. The third-order valence-electron chi connectivity index (χ3n) is 3.54. The van der Waals surface area contributed by atoms with Crippen molar-refractivity contribution in [2.45, 2.75) is 20.3 Å². The van der Waals surface area contributed by atoms with Gasteiger partial charge in [-0.25, -0.2) is 0 Å². The van der Waals surface area contributed by atoms with Crippen LogP contribution in [-0.2, 0) is 11.2 Å². The molecule has 1 N–H and O–H groups in total. The fourth-order valence-electron chi connectivity index (χ4n) is 2.25. The van der Waals surface area contributed by atoms with Crippen LogP contribution in [0.3, 0.4) is 0 Å². The van der Waals surface area contributed by atoms with Crippen LogP contribution < -0.4 is 14.8 Å². The number of Topliss-reactive ketones (excluding diaryl/α,β-unsaturated/α-hetero) is 1. The number of aryl methyl sites for hydroxylation is 1. The molecule has 5 nitrogen and oxygen atoms in total. The molecule has 0 aliphatic carbocycles.